The summed E-state index contributed by atoms with van der Waals surface area (Å²) in [6.07, 6.45) is -0.0260. The number of hydrogen-bond acceptors (Lipinski definition) is 5. The Bertz CT molecular complexity index is 534. The van der Waals surface area contributed by atoms with Gasteiger partial charge in [-0.25, -0.2) is 0 Å². The third kappa shape index (κ3) is 5.35. The maximum absolute atomic E-state index is 12.3. The van der Waals surface area contributed by atoms with Gasteiger partial charge >= 0.3 is 5.97 Å². The second-order valence-corrected chi connectivity index (χ2v) is 6.26. The van der Waals surface area contributed by atoms with Crippen molar-refractivity contribution >= 4 is 23.6 Å². The second-order valence-electron chi connectivity index (χ2n) is 5.11. The van der Waals surface area contributed by atoms with E-state index >= 15 is 0 Å². The molecule has 1 atom stereocenters. The summed E-state index contributed by atoms with van der Waals surface area (Å²) in [5.74, 6) is 1.75. The van der Waals surface area contributed by atoms with Gasteiger partial charge in [0.15, 0.2) is 6.61 Å². The summed E-state index contributed by atoms with van der Waals surface area (Å²) >= 11 is 1.67. The predicted molar refractivity (Wildman–Crippen MR) is 88.2 cm³/mol. The third-order valence-electron chi connectivity index (χ3n) is 3.46. The van der Waals surface area contributed by atoms with E-state index in [1.807, 2.05) is 6.92 Å². The Morgan fingerprint density at radius 1 is 1.26 bits per heavy atom. The lowest BCUT2D eigenvalue weighted by atomic mass is 10.2. The highest BCUT2D eigenvalue weighted by molar-refractivity contribution is 7.99. The fourth-order valence-electron chi connectivity index (χ4n) is 2.38. The summed E-state index contributed by atoms with van der Waals surface area (Å²) in [6, 6.07) is 6.81. The minimum atomic E-state index is -0.886. The Hall–Kier alpha value is -1.89. The van der Waals surface area contributed by atoms with E-state index in [0.717, 1.165) is 11.5 Å². The minimum Gasteiger partial charge on any atom is -0.494 e. The largest absolute Gasteiger partial charge is 0.494 e. The first kappa shape index (κ1) is 17.5. The van der Waals surface area contributed by atoms with Crippen LogP contribution >= 0.6 is 11.8 Å². The zero-order valence-corrected chi connectivity index (χ0v) is 13.9. The van der Waals surface area contributed by atoms with Gasteiger partial charge in [-0.2, -0.15) is 11.8 Å². The Labute approximate surface area is 139 Å². The van der Waals surface area contributed by atoms with E-state index in [1.165, 1.54) is 0 Å². The molecule has 6 nitrogen and oxygen atoms in total. The molecule has 1 aliphatic heterocycles. The van der Waals surface area contributed by atoms with Crippen LogP contribution in [0, 0.1) is 0 Å². The standard InChI is InChI=1S/C16H21NO5S/c1-2-21-13-3-5-14(6-4-13)22-10-15(18)17-7-8-23-11-12(17)9-16(19)20/h3-6,12H,2,7-11H2,1H3,(H,19,20). The number of amides is 1. The van der Waals surface area contributed by atoms with Crippen LogP contribution in [0.3, 0.4) is 0 Å². The molecule has 126 valence electrons. The lowest BCUT2D eigenvalue weighted by molar-refractivity contribution is -0.141. The number of aliphatic carboxylic acids is 1. The van der Waals surface area contributed by atoms with Crippen molar-refractivity contribution in [1.29, 1.82) is 0 Å². The van der Waals surface area contributed by atoms with Crippen molar-refractivity contribution in [2.24, 2.45) is 0 Å². The summed E-state index contributed by atoms with van der Waals surface area (Å²) in [5, 5.41) is 8.95. The minimum absolute atomic E-state index is 0.0260. The van der Waals surface area contributed by atoms with E-state index in [2.05, 4.69) is 0 Å². The molecule has 0 saturated carbocycles. The van der Waals surface area contributed by atoms with Crippen LogP contribution in [0.4, 0.5) is 0 Å². The van der Waals surface area contributed by atoms with Crippen LogP contribution in [-0.2, 0) is 9.59 Å². The lowest BCUT2D eigenvalue weighted by Gasteiger charge is -2.34. The Morgan fingerprint density at radius 3 is 2.52 bits per heavy atom. The Balaban J connectivity index is 1.88. The first-order chi connectivity index (χ1) is 11.1. The molecule has 2 rings (SSSR count). The number of benzene rings is 1. The molecule has 0 aromatic heterocycles. The molecule has 1 N–H and O–H groups in total. The fourth-order valence-corrected chi connectivity index (χ4v) is 3.44. The molecule has 1 amide bonds. The lowest BCUT2D eigenvalue weighted by Crippen LogP contribution is -2.48. The fraction of sp³-hybridized carbons (Fsp3) is 0.500. The van der Waals surface area contributed by atoms with Crippen LogP contribution in [0.15, 0.2) is 24.3 Å². The number of nitrogens with zero attached hydrogens (tertiary/aromatic N) is 1. The Morgan fingerprint density at radius 2 is 1.91 bits per heavy atom. The summed E-state index contributed by atoms with van der Waals surface area (Å²) in [6.45, 7) is 2.98. The molecule has 1 aliphatic rings. The van der Waals surface area contributed by atoms with E-state index in [0.29, 0.717) is 24.7 Å². The molecular weight excluding hydrogens is 318 g/mol. The van der Waals surface area contributed by atoms with Gasteiger partial charge in [0, 0.05) is 18.1 Å². The smallest absolute Gasteiger partial charge is 0.305 e. The number of rotatable bonds is 7. The highest BCUT2D eigenvalue weighted by Gasteiger charge is 2.28. The molecule has 1 heterocycles. The average Bonchev–Trinajstić information content (AvgIpc) is 2.54. The van der Waals surface area contributed by atoms with Gasteiger partial charge in [0.1, 0.15) is 11.5 Å². The van der Waals surface area contributed by atoms with Gasteiger partial charge in [-0.15, -0.1) is 0 Å². The number of carbonyl (C=O) groups is 2. The van der Waals surface area contributed by atoms with E-state index in [9.17, 15) is 9.59 Å². The van der Waals surface area contributed by atoms with Gasteiger partial charge in [0.2, 0.25) is 0 Å². The van der Waals surface area contributed by atoms with Crippen LogP contribution in [-0.4, -0.2) is 59.2 Å². The molecule has 1 unspecified atom stereocenters. The van der Waals surface area contributed by atoms with Crippen molar-refractivity contribution in [2.45, 2.75) is 19.4 Å². The van der Waals surface area contributed by atoms with Crippen molar-refractivity contribution in [3.05, 3.63) is 24.3 Å². The number of carboxylic acid groups (broad SMARTS) is 1. The van der Waals surface area contributed by atoms with Gasteiger partial charge in [0.05, 0.1) is 19.1 Å². The maximum atomic E-state index is 12.3. The van der Waals surface area contributed by atoms with Crippen LogP contribution < -0.4 is 9.47 Å². The zero-order chi connectivity index (χ0) is 16.7. The van der Waals surface area contributed by atoms with Crippen LogP contribution in [0.1, 0.15) is 13.3 Å². The van der Waals surface area contributed by atoms with Crippen LogP contribution in [0.2, 0.25) is 0 Å². The first-order valence-corrected chi connectivity index (χ1v) is 8.70. The van der Waals surface area contributed by atoms with Crippen molar-refractivity contribution in [3.8, 4) is 11.5 Å². The summed E-state index contributed by atoms with van der Waals surface area (Å²) in [4.78, 5) is 24.8. The summed E-state index contributed by atoms with van der Waals surface area (Å²) in [7, 11) is 0. The topological polar surface area (TPSA) is 76.1 Å². The Kier molecular flexibility index (Phi) is 6.58. The van der Waals surface area contributed by atoms with E-state index in [4.69, 9.17) is 14.6 Å². The average molecular weight is 339 g/mol. The van der Waals surface area contributed by atoms with Crippen molar-refractivity contribution in [2.75, 3.05) is 31.3 Å². The highest BCUT2D eigenvalue weighted by Crippen LogP contribution is 2.20. The van der Waals surface area contributed by atoms with Crippen molar-refractivity contribution in [3.63, 3.8) is 0 Å². The van der Waals surface area contributed by atoms with E-state index in [-0.39, 0.29) is 25.0 Å². The predicted octanol–water partition coefficient (Wildman–Crippen LogP) is 1.88. The molecule has 0 aliphatic carbocycles. The van der Waals surface area contributed by atoms with Crippen molar-refractivity contribution in [1.82, 2.24) is 4.90 Å². The maximum Gasteiger partial charge on any atom is 0.305 e. The van der Waals surface area contributed by atoms with E-state index < -0.39 is 5.97 Å². The number of carbonyl (C=O) groups excluding carboxylic acids is 1. The summed E-state index contributed by atoms with van der Waals surface area (Å²) < 4.78 is 10.9. The number of thioether (sulfide) groups is 1. The molecule has 0 spiro atoms. The van der Waals surface area contributed by atoms with Crippen molar-refractivity contribution < 1.29 is 24.2 Å². The number of carboxylic acids is 1. The molecule has 1 aromatic rings. The molecule has 23 heavy (non-hydrogen) atoms. The summed E-state index contributed by atoms with van der Waals surface area (Å²) in [5.41, 5.74) is 0. The SMILES string of the molecule is CCOc1ccc(OCC(=O)N2CCSCC2CC(=O)O)cc1. The van der Waals surface area contributed by atoms with Gasteiger partial charge in [0.25, 0.3) is 5.91 Å². The number of ether oxygens (including phenoxy) is 2. The van der Waals surface area contributed by atoms with Crippen LogP contribution in [0.25, 0.3) is 0 Å². The van der Waals surface area contributed by atoms with Gasteiger partial charge < -0.3 is 19.5 Å². The number of hydrogen-bond donors (Lipinski definition) is 1. The second kappa shape index (κ2) is 8.67. The normalized spacial score (nSPS) is 17.6. The molecule has 1 saturated heterocycles. The monoisotopic (exact) mass is 339 g/mol. The zero-order valence-electron chi connectivity index (χ0n) is 13.1. The third-order valence-corrected chi connectivity index (χ3v) is 4.55. The molecule has 1 aromatic carbocycles. The molecule has 7 heteroatoms. The van der Waals surface area contributed by atoms with Gasteiger partial charge in [-0.1, -0.05) is 0 Å². The van der Waals surface area contributed by atoms with E-state index in [1.54, 1.807) is 40.9 Å². The molecule has 1 fully saturated rings. The molecule has 0 radical (unpaired) electrons. The highest BCUT2D eigenvalue weighted by atomic mass is 32.2. The molecular formula is C16H21NO5S. The van der Waals surface area contributed by atoms with Gasteiger partial charge in [-0.3, -0.25) is 9.59 Å². The quantitative estimate of drug-likeness (QED) is 0.817. The van der Waals surface area contributed by atoms with Crippen LogP contribution in [0.5, 0.6) is 11.5 Å². The first-order valence-electron chi connectivity index (χ1n) is 7.54. The van der Waals surface area contributed by atoms with Gasteiger partial charge in [-0.05, 0) is 31.2 Å². The molecule has 0 bridgehead atoms.